The van der Waals surface area contributed by atoms with E-state index in [2.05, 4.69) is 0 Å². The highest BCUT2D eigenvalue weighted by molar-refractivity contribution is 6.36. The third-order valence-electron chi connectivity index (χ3n) is 2.77. The molecule has 0 bridgehead atoms. The predicted octanol–water partition coefficient (Wildman–Crippen LogP) is 3.54. The van der Waals surface area contributed by atoms with E-state index in [0.717, 1.165) is 21.4 Å². The van der Waals surface area contributed by atoms with Gasteiger partial charge < -0.3 is 9.47 Å². The molecular weight excluding hydrogens is 224 g/mol. The van der Waals surface area contributed by atoms with Gasteiger partial charge in [-0.25, -0.2) is 0 Å². The van der Waals surface area contributed by atoms with Crippen molar-refractivity contribution in [3.8, 4) is 0 Å². The summed E-state index contributed by atoms with van der Waals surface area (Å²) in [5.41, 5.74) is 0.915. The van der Waals surface area contributed by atoms with Gasteiger partial charge in [0.25, 0.3) is 0 Å². The lowest BCUT2D eigenvalue weighted by Gasteiger charge is -2.12. The lowest BCUT2D eigenvalue weighted by atomic mass is 10.1. The molecule has 3 rings (SSSR count). The molecule has 0 unspecified atom stereocenters. The van der Waals surface area contributed by atoms with Crippen LogP contribution in [0, 0.1) is 0 Å². The van der Waals surface area contributed by atoms with Crippen molar-refractivity contribution in [2.75, 3.05) is 13.2 Å². The van der Waals surface area contributed by atoms with Crippen molar-refractivity contribution in [2.45, 2.75) is 6.29 Å². The molecule has 2 aromatic rings. The summed E-state index contributed by atoms with van der Waals surface area (Å²) in [7, 11) is 0. The van der Waals surface area contributed by atoms with Gasteiger partial charge in [0.1, 0.15) is 0 Å². The molecule has 1 aliphatic heterocycles. The minimum absolute atomic E-state index is 0.308. The van der Waals surface area contributed by atoms with Crippen LogP contribution >= 0.6 is 11.6 Å². The van der Waals surface area contributed by atoms with E-state index in [0.29, 0.717) is 13.2 Å². The van der Waals surface area contributed by atoms with Gasteiger partial charge in [0.15, 0.2) is 6.29 Å². The molecule has 2 nitrogen and oxygen atoms in total. The van der Waals surface area contributed by atoms with Crippen molar-refractivity contribution in [1.82, 2.24) is 0 Å². The van der Waals surface area contributed by atoms with Crippen molar-refractivity contribution >= 4 is 22.4 Å². The Hall–Kier alpha value is -1.09. The molecular formula is C13H11ClO2. The Bertz CT molecular complexity index is 518. The summed E-state index contributed by atoms with van der Waals surface area (Å²) < 4.78 is 10.9. The average molecular weight is 235 g/mol. The maximum Gasteiger partial charge on any atom is 0.185 e. The molecule has 3 heteroatoms. The lowest BCUT2D eigenvalue weighted by Crippen LogP contribution is -1.99. The Labute approximate surface area is 98.7 Å². The largest absolute Gasteiger partial charge is 0.346 e. The van der Waals surface area contributed by atoms with Gasteiger partial charge in [-0.1, -0.05) is 48.0 Å². The highest BCUT2D eigenvalue weighted by atomic mass is 35.5. The second-order valence-corrected chi connectivity index (χ2v) is 4.14. The van der Waals surface area contributed by atoms with Crippen molar-refractivity contribution < 1.29 is 9.47 Å². The molecule has 2 aromatic carbocycles. The van der Waals surface area contributed by atoms with Gasteiger partial charge in [-0.05, 0) is 5.39 Å². The van der Waals surface area contributed by atoms with Gasteiger partial charge >= 0.3 is 0 Å². The first kappa shape index (κ1) is 10.1. The van der Waals surface area contributed by atoms with Crippen LogP contribution < -0.4 is 0 Å². The summed E-state index contributed by atoms with van der Waals surface area (Å²) in [5, 5.41) is 2.90. The van der Waals surface area contributed by atoms with E-state index in [-0.39, 0.29) is 6.29 Å². The van der Waals surface area contributed by atoms with Crippen LogP contribution in [0.4, 0.5) is 0 Å². The molecule has 0 spiro atoms. The van der Waals surface area contributed by atoms with Crippen LogP contribution in [-0.4, -0.2) is 13.2 Å². The summed E-state index contributed by atoms with van der Waals surface area (Å²) in [4.78, 5) is 0. The minimum Gasteiger partial charge on any atom is -0.346 e. The van der Waals surface area contributed by atoms with Crippen LogP contribution in [0.2, 0.25) is 5.02 Å². The van der Waals surface area contributed by atoms with E-state index in [9.17, 15) is 0 Å². The molecule has 1 heterocycles. The zero-order valence-electron chi connectivity index (χ0n) is 8.65. The first-order valence-electron chi connectivity index (χ1n) is 5.26. The van der Waals surface area contributed by atoms with Gasteiger partial charge in [0.05, 0.1) is 18.2 Å². The van der Waals surface area contributed by atoms with Crippen molar-refractivity contribution in [1.29, 1.82) is 0 Å². The molecule has 1 aliphatic rings. The Balaban J connectivity index is 2.15. The van der Waals surface area contributed by atoms with Crippen LogP contribution in [-0.2, 0) is 9.47 Å². The van der Waals surface area contributed by atoms with Crippen LogP contribution in [0.25, 0.3) is 10.8 Å². The van der Waals surface area contributed by atoms with Crippen LogP contribution in [0.1, 0.15) is 11.9 Å². The molecule has 0 radical (unpaired) electrons. The quantitative estimate of drug-likeness (QED) is 0.752. The standard InChI is InChI=1S/C13H11ClO2/c14-12-10-4-2-1-3-9(10)5-6-11(12)13-15-7-8-16-13/h1-6,13H,7-8H2. The molecule has 0 aliphatic carbocycles. The van der Waals surface area contributed by atoms with Crippen molar-refractivity contribution in [3.63, 3.8) is 0 Å². The van der Waals surface area contributed by atoms with E-state index < -0.39 is 0 Å². The Kier molecular flexibility index (Phi) is 2.56. The molecule has 0 atom stereocenters. The third kappa shape index (κ3) is 1.59. The van der Waals surface area contributed by atoms with Crippen molar-refractivity contribution in [2.24, 2.45) is 0 Å². The fourth-order valence-corrected chi connectivity index (χ4v) is 2.29. The zero-order valence-corrected chi connectivity index (χ0v) is 9.41. The summed E-state index contributed by atoms with van der Waals surface area (Å²) in [6.07, 6.45) is -0.308. The molecule has 0 amide bonds. The van der Waals surface area contributed by atoms with Gasteiger partial charge in [-0.15, -0.1) is 0 Å². The van der Waals surface area contributed by atoms with E-state index in [1.165, 1.54) is 0 Å². The summed E-state index contributed by atoms with van der Waals surface area (Å²) in [5.74, 6) is 0. The Morgan fingerprint density at radius 2 is 1.75 bits per heavy atom. The zero-order chi connectivity index (χ0) is 11.0. The monoisotopic (exact) mass is 234 g/mol. The van der Waals surface area contributed by atoms with Gasteiger partial charge in [0, 0.05) is 10.9 Å². The maximum atomic E-state index is 6.36. The molecule has 0 aromatic heterocycles. The number of hydrogen-bond acceptors (Lipinski definition) is 2. The summed E-state index contributed by atoms with van der Waals surface area (Å²) in [6, 6.07) is 12.1. The second kappa shape index (κ2) is 4.06. The number of rotatable bonds is 1. The van der Waals surface area contributed by atoms with Gasteiger partial charge in [-0.2, -0.15) is 0 Å². The SMILES string of the molecule is Clc1c(C2OCCO2)ccc2ccccc12. The average Bonchev–Trinajstić information content (AvgIpc) is 2.83. The molecule has 0 N–H and O–H groups in total. The highest BCUT2D eigenvalue weighted by Gasteiger charge is 2.21. The number of benzene rings is 2. The minimum atomic E-state index is -0.308. The fraction of sp³-hybridized carbons (Fsp3) is 0.231. The summed E-state index contributed by atoms with van der Waals surface area (Å²) >= 11 is 6.36. The van der Waals surface area contributed by atoms with E-state index in [4.69, 9.17) is 21.1 Å². The van der Waals surface area contributed by atoms with Crippen molar-refractivity contribution in [3.05, 3.63) is 47.0 Å². The number of ether oxygens (including phenoxy) is 2. The molecule has 1 saturated heterocycles. The topological polar surface area (TPSA) is 18.5 Å². The molecule has 1 fully saturated rings. The first-order valence-corrected chi connectivity index (χ1v) is 5.64. The van der Waals surface area contributed by atoms with E-state index >= 15 is 0 Å². The Morgan fingerprint density at radius 3 is 2.56 bits per heavy atom. The number of hydrogen-bond donors (Lipinski definition) is 0. The third-order valence-corrected chi connectivity index (χ3v) is 3.19. The normalized spacial score (nSPS) is 17.1. The number of fused-ring (bicyclic) bond motifs is 1. The Morgan fingerprint density at radius 1 is 1.00 bits per heavy atom. The van der Waals surface area contributed by atoms with Gasteiger partial charge in [-0.3, -0.25) is 0 Å². The second-order valence-electron chi connectivity index (χ2n) is 3.76. The van der Waals surface area contributed by atoms with E-state index in [1.54, 1.807) is 0 Å². The van der Waals surface area contributed by atoms with Crippen LogP contribution in [0.3, 0.4) is 0 Å². The van der Waals surface area contributed by atoms with Gasteiger partial charge in [0.2, 0.25) is 0 Å². The number of halogens is 1. The predicted molar refractivity (Wildman–Crippen MR) is 63.6 cm³/mol. The highest BCUT2D eigenvalue weighted by Crippen LogP contribution is 2.34. The molecule has 0 saturated carbocycles. The molecule has 82 valence electrons. The first-order chi connectivity index (χ1) is 7.86. The fourth-order valence-electron chi connectivity index (χ4n) is 1.97. The lowest BCUT2D eigenvalue weighted by molar-refractivity contribution is -0.0439. The van der Waals surface area contributed by atoms with E-state index in [1.807, 2.05) is 36.4 Å². The van der Waals surface area contributed by atoms with Crippen LogP contribution in [0.5, 0.6) is 0 Å². The smallest absolute Gasteiger partial charge is 0.185 e. The molecule has 16 heavy (non-hydrogen) atoms. The van der Waals surface area contributed by atoms with Crippen LogP contribution in [0.15, 0.2) is 36.4 Å². The maximum absolute atomic E-state index is 6.36. The summed E-state index contributed by atoms with van der Waals surface area (Å²) in [6.45, 7) is 1.27.